The summed E-state index contributed by atoms with van der Waals surface area (Å²) in [6, 6.07) is 17.8. The number of likely N-dealkylation sites (tertiary alicyclic amines) is 1. The first-order chi connectivity index (χ1) is 14.3. The second-order valence-corrected chi connectivity index (χ2v) is 8.58. The summed E-state index contributed by atoms with van der Waals surface area (Å²) in [4.78, 5) is 24.2. The highest BCUT2D eigenvalue weighted by atomic mass is 32.2. The number of nitrogens with zero attached hydrogens (tertiary/aromatic N) is 3. The van der Waals surface area contributed by atoms with E-state index in [0.29, 0.717) is 5.52 Å². The van der Waals surface area contributed by atoms with Crippen LogP contribution in [0.15, 0.2) is 64.5 Å². The Kier molecular flexibility index (Phi) is 5.12. The number of piperidine rings is 1. The van der Waals surface area contributed by atoms with Crippen molar-refractivity contribution in [3.63, 3.8) is 0 Å². The Labute approximate surface area is 173 Å². The SMILES string of the molecule is O=c1c2[nH]c3ccccc3c2nc(SCCN2CCCCC2)n1-c1ccccc1. The third kappa shape index (κ3) is 3.58. The van der Waals surface area contributed by atoms with Crippen LogP contribution >= 0.6 is 11.8 Å². The molecule has 0 spiro atoms. The fourth-order valence-corrected chi connectivity index (χ4v) is 5.10. The van der Waals surface area contributed by atoms with Gasteiger partial charge in [0.05, 0.1) is 5.69 Å². The Bertz CT molecular complexity index is 1190. The fourth-order valence-electron chi connectivity index (χ4n) is 4.09. The predicted octanol–water partition coefficient (Wildman–Crippen LogP) is 4.45. The lowest BCUT2D eigenvalue weighted by Gasteiger charge is -2.26. The number of H-pyrrole nitrogens is 1. The molecule has 1 N–H and O–H groups in total. The highest BCUT2D eigenvalue weighted by Gasteiger charge is 2.17. The zero-order valence-electron chi connectivity index (χ0n) is 16.3. The van der Waals surface area contributed by atoms with Crippen LogP contribution in [0, 0.1) is 0 Å². The highest BCUT2D eigenvalue weighted by molar-refractivity contribution is 7.99. The molecular weight excluding hydrogens is 380 g/mol. The lowest BCUT2D eigenvalue weighted by molar-refractivity contribution is 0.242. The van der Waals surface area contributed by atoms with Crippen molar-refractivity contribution in [2.45, 2.75) is 24.4 Å². The lowest BCUT2D eigenvalue weighted by Crippen LogP contribution is -2.31. The van der Waals surface area contributed by atoms with Crippen molar-refractivity contribution in [2.75, 3.05) is 25.4 Å². The van der Waals surface area contributed by atoms with Crippen molar-refractivity contribution in [3.8, 4) is 5.69 Å². The van der Waals surface area contributed by atoms with E-state index in [2.05, 4.69) is 9.88 Å². The Morgan fingerprint density at radius 2 is 1.72 bits per heavy atom. The van der Waals surface area contributed by atoms with Crippen LogP contribution in [0.3, 0.4) is 0 Å². The third-order valence-electron chi connectivity index (χ3n) is 5.60. The highest BCUT2D eigenvalue weighted by Crippen LogP contribution is 2.26. The zero-order valence-corrected chi connectivity index (χ0v) is 17.1. The molecule has 0 aliphatic carbocycles. The molecule has 2 aromatic heterocycles. The summed E-state index contributed by atoms with van der Waals surface area (Å²) in [5.41, 5.74) is 3.08. The predicted molar refractivity (Wildman–Crippen MR) is 120 cm³/mol. The number of benzene rings is 2. The summed E-state index contributed by atoms with van der Waals surface area (Å²) in [7, 11) is 0. The summed E-state index contributed by atoms with van der Waals surface area (Å²) in [6.45, 7) is 3.39. The van der Waals surface area contributed by atoms with E-state index in [0.717, 1.165) is 39.6 Å². The quantitative estimate of drug-likeness (QED) is 0.395. The minimum absolute atomic E-state index is 0.0436. The van der Waals surface area contributed by atoms with Gasteiger partial charge in [0.1, 0.15) is 11.0 Å². The molecule has 0 amide bonds. The van der Waals surface area contributed by atoms with Crippen LogP contribution in [-0.4, -0.2) is 44.8 Å². The molecule has 1 saturated heterocycles. The van der Waals surface area contributed by atoms with Gasteiger partial charge in [-0.3, -0.25) is 9.36 Å². The summed E-state index contributed by atoms with van der Waals surface area (Å²) in [5.74, 6) is 0.924. The molecule has 4 aromatic rings. The van der Waals surface area contributed by atoms with Crippen LogP contribution in [0.25, 0.3) is 27.6 Å². The number of rotatable bonds is 5. The number of nitrogens with one attached hydrogen (secondary N) is 1. The number of hydrogen-bond donors (Lipinski definition) is 1. The third-order valence-corrected chi connectivity index (χ3v) is 6.51. The van der Waals surface area contributed by atoms with Gasteiger partial charge in [-0.15, -0.1) is 0 Å². The van der Waals surface area contributed by atoms with Crippen molar-refractivity contribution in [3.05, 3.63) is 65.0 Å². The molecule has 0 unspecified atom stereocenters. The van der Waals surface area contributed by atoms with E-state index in [1.807, 2.05) is 54.6 Å². The smallest absolute Gasteiger partial charge is 0.283 e. The van der Waals surface area contributed by atoms with E-state index in [1.165, 1.54) is 32.4 Å². The van der Waals surface area contributed by atoms with Gasteiger partial charge in [0.15, 0.2) is 5.16 Å². The molecule has 5 rings (SSSR count). The molecule has 0 bridgehead atoms. The molecule has 0 radical (unpaired) electrons. The molecule has 1 fully saturated rings. The maximum atomic E-state index is 13.5. The molecule has 0 saturated carbocycles. The van der Waals surface area contributed by atoms with Crippen molar-refractivity contribution < 1.29 is 0 Å². The maximum absolute atomic E-state index is 13.5. The van der Waals surface area contributed by atoms with Gasteiger partial charge in [0.2, 0.25) is 0 Å². The maximum Gasteiger partial charge on any atom is 0.283 e. The van der Waals surface area contributed by atoms with Crippen molar-refractivity contribution in [1.29, 1.82) is 0 Å². The lowest BCUT2D eigenvalue weighted by atomic mass is 10.1. The van der Waals surface area contributed by atoms with E-state index in [9.17, 15) is 4.79 Å². The Morgan fingerprint density at radius 1 is 0.966 bits per heavy atom. The summed E-state index contributed by atoms with van der Waals surface area (Å²) in [6.07, 6.45) is 3.92. The summed E-state index contributed by atoms with van der Waals surface area (Å²) in [5, 5.41) is 1.76. The molecule has 6 heteroatoms. The van der Waals surface area contributed by atoms with Crippen LogP contribution in [0.2, 0.25) is 0 Å². The topological polar surface area (TPSA) is 53.9 Å². The number of hydrogen-bond acceptors (Lipinski definition) is 4. The minimum atomic E-state index is -0.0436. The molecule has 1 aliphatic rings. The van der Waals surface area contributed by atoms with E-state index in [1.54, 1.807) is 16.3 Å². The van der Waals surface area contributed by atoms with E-state index < -0.39 is 0 Å². The first kappa shape index (κ1) is 18.5. The first-order valence-electron chi connectivity index (χ1n) is 10.3. The fraction of sp³-hybridized carbons (Fsp3) is 0.304. The van der Waals surface area contributed by atoms with Gasteiger partial charge >= 0.3 is 0 Å². The van der Waals surface area contributed by atoms with Crippen LogP contribution in [0.1, 0.15) is 19.3 Å². The molecule has 1 aliphatic heterocycles. The van der Waals surface area contributed by atoms with E-state index in [-0.39, 0.29) is 5.56 Å². The Hall–Kier alpha value is -2.57. The molecule has 0 atom stereocenters. The van der Waals surface area contributed by atoms with Gasteiger partial charge in [-0.1, -0.05) is 54.6 Å². The molecular formula is C23H24N4OS. The first-order valence-corrected chi connectivity index (χ1v) is 11.2. The largest absolute Gasteiger partial charge is 0.349 e. The zero-order chi connectivity index (χ0) is 19.6. The van der Waals surface area contributed by atoms with Crippen molar-refractivity contribution in [1.82, 2.24) is 19.4 Å². The second kappa shape index (κ2) is 8.05. The molecule has 5 nitrogen and oxygen atoms in total. The van der Waals surface area contributed by atoms with Gasteiger partial charge < -0.3 is 9.88 Å². The van der Waals surface area contributed by atoms with E-state index in [4.69, 9.17) is 4.98 Å². The number of aromatic amines is 1. The molecule has 2 aromatic carbocycles. The average molecular weight is 405 g/mol. The van der Waals surface area contributed by atoms with Gasteiger partial charge in [0.25, 0.3) is 5.56 Å². The van der Waals surface area contributed by atoms with Gasteiger partial charge in [-0.25, -0.2) is 4.98 Å². The van der Waals surface area contributed by atoms with E-state index >= 15 is 0 Å². The van der Waals surface area contributed by atoms with Gasteiger partial charge in [-0.2, -0.15) is 0 Å². The number of para-hydroxylation sites is 2. The van der Waals surface area contributed by atoms with Crippen LogP contribution in [0.5, 0.6) is 0 Å². The van der Waals surface area contributed by atoms with Crippen LogP contribution in [-0.2, 0) is 0 Å². The molecule has 3 heterocycles. The summed E-state index contributed by atoms with van der Waals surface area (Å²) >= 11 is 1.67. The van der Waals surface area contributed by atoms with Crippen molar-refractivity contribution in [2.24, 2.45) is 0 Å². The monoisotopic (exact) mass is 404 g/mol. The standard InChI is InChI=1S/C23H24N4OS/c28-22-21-20(18-11-5-6-12-19(18)24-21)25-23(27(22)17-9-3-1-4-10-17)29-16-15-26-13-7-2-8-14-26/h1,3-6,9-12,24H,2,7-8,13-16H2. The molecule has 148 valence electrons. The van der Waals surface area contributed by atoms with Gasteiger partial charge in [-0.05, 0) is 44.1 Å². The Balaban J connectivity index is 1.57. The van der Waals surface area contributed by atoms with Crippen LogP contribution in [0.4, 0.5) is 0 Å². The average Bonchev–Trinajstić information content (AvgIpc) is 3.14. The Morgan fingerprint density at radius 3 is 2.55 bits per heavy atom. The van der Waals surface area contributed by atoms with Crippen molar-refractivity contribution >= 4 is 33.7 Å². The number of aromatic nitrogens is 3. The minimum Gasteiger partial charge on any atom is -0.349 e. The summed E-state index contributed by atoms with van der Waals surface area (Å²) < 4.78 is 1.75. The number of thioether (sulfide) groups is 1. The second-order valence-electron chi connectivity index (χ2n) is 7.52. The molecule has 29 heavy (non-hydrogen) atoms. The van der Waals surface area contributed by atoms with Gasteiger partial charge in [0, 0.05) is 23.2 Å². The van der Waals surface area contributed by atoms with Crippen LogP contribution < -0.4 is 5.56 Å². The normalized spacial score (nSPS) is 15.3. The number of fused-ring (bicyclic) bond motifs is 3.